The predicted octanol–water partition coefficient (Wildman–Crippen LogP) is 3.24. The van der Waals surface area contributed by atoms with E-state index in [1.54, 1.807) is 12.2 Å². The first kappa shape index (κ1) is 18.6. The van der Waals surface area contributed by atoms with Crippen molar-refractivity contribution in [3.63, 3.8) is 0 Å². The van der Waals surface area contributed by atoms with Crippen LogP contribution in [0, 0.1) is 0 Å². The zero-order valence-electron chi connectivity index (χ0n) is 14.1. The van der Waals surface area contributed by atoms with E-state index in [0.717, 1.165) is 0 Å². The van der Waals surface area contributed by atoms with Crippen molar-refractivity contribution in [3.05, 3.63) is 24.3 Å². The molecule has 0 aliphatic carbocycles. The number of allylic oxidation sites excluding steroid dienone is 1. The number of aliphatic hydroxyl groups is 1. The molecular weight excluding hydrogens is 284 g/mol. The lowest BCUT2D eigenvalue weighted by atomic mass is 10.1. The molecule has 1 rings (SSSR count). The van der Waals surface area contributed by atoms with E-state index in [1.165, 1.54) is 0 Å². The molecule has 0 saturated carbocycles. The van der Waals surface area contributed by atoms with Crippen molar-refractivity contribution in [2.45, 2.75) is 64.3 Å². The molecule has 0 aromatic heterocycles. The molecule has 1 aliphatic heterocycles. The quantitative estimate of drug-likeness (QED) is 0.604. The van der Waals surface area contributed by atoms with E-state index in [4.69, 9.17) is 13.9 Å². The summed E-state index contributed by atoms with van der Waals surface area (Å²) in [6.07, 6.45) is 5.89. The molecule has 0 saturated heterocycles. The molecule has 0 radical (unpaired) electrons. The van der Waals surface area contributed by atoms with Gasteiger partial charge < -0.3 is 19.0 Å². The van der Waals surface area contributed by atoms with Crippen LogP contribution in [-0.4, -0.2) is 45.1 Å². The van der Waals surface area contributed by atoms with Crippen LogP contribution in [0.3, 0.4) is 0 Å². The number of ether oxygens (including phenoxy) is 2. The number of hydrogen-bond donors (Lipinski definition) is 1. The molecule has 0 fully saturated rings. The van der Waals surface area contributed by atoms with Crippen molar-refractivity contribution in [3.8, 4) is 0 Å². The molecule has 122 valence electrons. The van der Waals surface area contributed by atoms with Gasteiger partial charge in [0.1, 0.15) is 12.2 Å². The molecule has 0 unspecified atom stereocenters. The van der Waals surface area contributed by atoms with Crippen LogP contribution in [0.1, 0.15) is 27.7 Å². The van der Waals surface area contributed by atoms with Gasteiger partial charge in [0, 0.05) is 0 Å². The largest absolute Gasteiger partial charge is 0.414 e. The fourth-order valence-electron chi connectivity index (χ4n) is 1.61. The Balaban J connectivity index is 2.53. The Morgan fingerprint density at radius 3 is 2.52 bits per heavy atom. The molecule has 0 spiro atoms. The molecule has 1 N–H and O–H groups in total. The van der Waals surface area contributed by atoms with Gasteiger partial charge in [-0.3, -0.25) is 0 Å². The van der Waals surface area contributed by atoms with Crippen LogP contribution in [0.15, 0.2) is 24.3 Å². The second-order valence-electron chi connectivity index (χ2n) is 6.89. The SMILES string of the molecule is C/C=C/CO[C@@H]1C=C[C@H](O)[C@@H](CO[Si](C)(C)C(C)(C)C)O1. The van der Waals surface area contributed by atoms with E-state index >= 15 is 0 Å². The van der Waals surface area contributed by atoms with E-state index < -0.39 is 20.7 Å². The summed E-state index contributed by atoms with van der Waals surface area (Å²) in [5.41, 5.74) is 0. The normalized spacial score (nSPS) is 27.5. The number of hydrogen-bond acceptors (Lipinski definition) is 4. The van der Waals surface area contributed by atoms with Gasteiger partial charge in [-0.05, 0) is 31.1 Å². The van der Waals surface area contributed by atoms with Crippen molar-refractivity contribution >= 4 is 8.32 Å². The molecule has 21 heavy (non-hydrogen) atoms. The molecule has 1 heterocycles. The second kappa shape index (κ2) is 7.69. The first-order valence-electron chi connectivity index (χ1n) is 7.56. The summed E-state index contributed by atoms with van der Waals surface area (Å²) in [7, 11) is -1.84. The number of aliphatic hydroxyl groups excluding tert-OH is 1. The minimum atomic E-state index is -1.84. The van der Waals surface area contributed by atoms with Gasteiger partial charge in [0.2, 0.25) is 0 Å². The van der Waals surface area contributed by atoms with Gasteiger partial charge in [0.25, 0.3) is 0 Å². The summed E-state index contributed by atoms with van der Waals surface area (Å²) < 4.78 is 17.4. The van der Waals surface area contributed by atoms with Crippen LogP contribution >= 0.6 is 0 Å². The average molecular weight is 314 g/mol. The van der Waals surface area contributed by atoms with Gasteiger partial charge >= 0.3 is 0 Å². The lowest BCUT2D eigenvalue weighted by Crippen LogP contribution is -2.46. The molecular formula is C16H30O4Si. The highest BCUT2D eigenvalue weighted by Gasteiger charge is 2.38. The summed E-state index contributed by atoms with van der Waals surface area (Å²) in [5, 5.41) is 10.2. The Kier molecular flexibility index (Phi) is 6.81. The topological polar surface area (TPSA) is 47.9 Å². The summed E-state index contributed by atoms with van der Waals surface area (Å²) >= 11 is 0. The molecule has 3 atom stereocenters. The van der Waals surface area contributed by atoms with Gasteiger partial charge in [0.05, 0.1) is 13.2 Å². The third-order valence-corrected chi connectivity index (χ3v) is 8.66. The zero-order valence-corrected chi connectivity index (χ0v) is 15.1. The van der Waals surface area contributed by atoms with E-state index in [-0.39, 0.29) is 11.1 Å². The van der Waals surface area contributed by atoms with Crippen LogP contribution in [0.25, 0.3) is 0 Å². The van der Waals surface area contributed by atoms with E-state index in [1.807, 2.05) is 19.1 Å². The molecule has 0 aromatic rings. The predicted molar refractivity (Wildman–Crippen MR) is 87.7 cm³/mol. The second-order valence-corrected chi connectivity index (χ2v) is 11.7. The van der Waals surface area contributed by atoms with Crippen molar-refractivity contribution < 1.29 is 19.0 Å². The van der Waals surface area contributed by atoms with Crippen LogP contribution < -0.4 is 0 Å². The Labute approximate surface area is 129 Å². The highest BCUT2D eigenvalue weighted by Crippen LogP contribution is 2.36. The fraction of sp³-hybridized carbons (Fsp3) is 0.750. The monoisotopic (exact) mass is 314 g/mol. The van der Waals surface area contributed by atoms with Gasteiger partial charge in [-0.1, -0.05) is 39.0 Å². The Morgan fingerprint density at radius 1 is 1.29 bits per heavy atom. The lowest BCUT2D eigenvalue weighted by molar-refractivity contribution is -0.173. The van der Waals surface area contributed by atoms with Gasteiger partial charge in [-0.2, -0.15) is 0 Å². The Hall–Kier alpha value is -0.463. The first-order chi connectivity index (χ1) is 9.67. The number of rotatable bonds is 6. The standard InChI is InChI=1S/C16H30O4Si/c1-7-8-11-18-15-10-9-13(17)14(20-15)12-19-21(5,6)16(2,3)4/h7-10,13-15,17H,11-12H2,1-6H3/b8-7+/t13-,14+,15-/m0/s1. The van der Waals surface area contributed by atoms with Crippen LogP contribution in [-0.2, 0) is 13.9 Å². The summed E-state index contributed by atoms with van der Waals surface area (Å²) in [6.45, 7) is 13.8. The maximum absolute atomic E-state index is 10.0. The van der Waals surface area contributed by atoms with E-state index in [0.29, 0.717) is 13.2 Å². The smallest absolute Gasteiger partial charge is 0.192 e. The van der Waals surface area contributed by atoms with Crippen molar-refractivity contribution in [2.24, 2.45) is 0 Å². The fourth-order valence-corrected chi connectivity index (χ4v) is 2.63. The van der Waals surface area contributed by atoms with Crippen molar-refractivity contribution in [1.82, 2.24) is 0 Å². The molecule has 4 nitrogen and oxygen atoms in total. The molecule has 0 bridgehead atoms. The van der Waals surface area contributed by atoms with Crippen LogP contribution in [0.2, 0.25) is 18.1 Å². The average Bonchev–Trinajstić information content (AvgIpc) is 2.38. The van der Waals surface area contributed by atoms with Crippen molar-refractivity contribution in [1.29, 1.82) is 0 Å². The van der Waals surface area contributed by atoms with Crippen LogP contribution in [0.4, 0.5) is 0 Å². The van der Waals surface area contributed by atoms with E-state index in [2.05, 4.69) is 33.9 Å². The van der Waals surface area contributed by atoms with Gasteiger partial charge in [0.15, 0.2) is 14.6 Å². The third kappa shape index (κ3) is 5.68. The third-order valence-electron chi connectivity index (χ3n) is 4.16. The zero-order chi connectivity index (χ0) is 16.1. The van der Waals surface area contributed by atoms with Crippen molar-refractivity contribution in [2.75, 3.05) is 13.2 Å². The summed E-state index contributed by atoms with van der Waals surface area (Å²) in [5.74, 6) is 0. The molecule has 0 amide bonds. The molecule has 1 aliphatic rings. The maximum Gasteiger partial charge on any atom is 0.192 e. The van der Waals surface area contributed by atoms with E-state index in [9.17, 15) is 5.11 Å². The maximum atomic E-state index is 10.0. The lowest BCUT2D eigenvalue weighted by Gasteiger charge is -2.38. The minimum Gasteiger partial charge on any atom is -0.414 e. The highest BCUT2D eigenvalue weighted by atomic mass is 28.4. The van der Waals surface area contributed by atoms with Gasteiger partial charge in [-0.15, -0.1) is 0 Å². The Morgan fingerprint density at radius 2 is 1.95 bits per heavy atom. The molecule has 5 heteroatoms. The summed E-state index contributed by atoms with van der Waals surface area (Å²) in [4.78, 5) is 0. The van der Waals surface area contributed by atoms with Gasteiger partial charge in [-0.25, -0.2) is 0 Å². The van der Waals surface area contributed by atoms with Crippen LogP contribution in [0.5, 0.6) is 0 Å². The minimum absolute atomic E-state index is 0.143. The highest BCUT2D eigenvalue weighted by molar-refractivity contribution is 6.74. The molecule has 0 aromatic carbocycles. The first-order valence-corrected chi connectivity index (χ1v) is 10.5. The summed E-state index contributed by atoms with van der Waals surface area (Å²) in [6, 6.07) is 0. The Bertz CT molecular complexity index is 371.